The molecule has 1 aliphatic heterocycles. The standard InChI is InChI=1S/C25H26Cl2N6O/c1-14-22(20-10-16-6-7-21(27)29-24(16)32(20)11-15-4-5-15)30-33-12-17(9-19(26)23(14)33)25(34)31-8-2-3-18(28)13-31/h6-7,9-10,12,15,18H,2-5,8,11,13,28H2,1H3/t18-/m1/s1. The minimum Gasteiger partial charge on any atom is -0.337 e. The molecule has 7 nitrogen and oxygen atoms in total. The molecule has 5 heterocycles. The van der Waals surface area contributed by atoms with Crippen LogP contribution < -0.4 is 5.73 Å². The SMILES string of the molecule is Cc1c(-c2cc3ccc(Cl)nc3n2CC2CC2)nn2cc(C(=O)N3CCC[C@@H](N)C3)cc(Cl)c12. The first kappa shape index (κ1) is 21.9. The number of piperidine rings is 1. The number of fused-ring (bicyclic) bond motifs is 2. The number of carbonyl (C=O) groups excluding carboxylic acids is 1. The summed E-state index contributed by atoms with van der Waals surface area (Å²) < 4.78 is 3.96. The second kappa shape index (κ2) is 8.26. The molecule has 34 heavy (non-hydrogen) atoms. The van der Waals surface area contributed by atoms with Crippen molar-refractivity contribution in [1.82, 2.24) is 24.1 Å². The number of hydrogen-bond donors (Lipinski definition) is 1. The molecule has 0 radical (unpaired) electrons. The van der Waals surface area contributed by atoms with E-state index in [1.807, 2.05) is 24.0 Å². The molecule has 9 heteroatoms. The first-order valence-electron chi connectivity index (χ1n) is 11.8. The summed E-state index contributed by atoms with van der Waals surface area (Å²) >= 11 is 12.9. The number of carbonyl (C=O) groups is 1. The van der Waals surface area contributed by atoms with Crippen LogP contribution in [0.15, 0.2) is 30.5 Å². The molecule has 1 atom stereocenters. The first-order chi connectivity index (χ1) is 16.4. The Balaban J connectivity index is 1.46. The van der Waals surface area contributed by atoms with Gasteiger partial charge in [0.1, 0.15) is 16.5 Å². The second-order valence-corrected chi connectivity index (χ2v) is 10.4. The van der Waals surface area contributed by atoms with Gasteiger partial charge >= 0.3 is 0 Å². The molecule has 0 bridgehead atoms. The number of hydrogen-bond acceptors (Lipinski definition) is 4. The zero-order valence-electron chi connectivity index (χ0n) is 19.0. The highest BCUT2D eigenvalue weighted by Crippen LogP contribution is 2.38. The Labute approximate surface area is 207 Å². The van der Waals surface area contributed by atoms with Crippen LogP contribution in [0.4, 0.5) is 0 Å². The van der Waals surface area contributed by atoms with E-state index in [2.05, 4.69) is 15.6 Å². The third-order valence-electron chi connectivity index (χ3n) is 7.00. The number of aromatic nitrogens is 4. The zero-order valence-corrected chi connectivity index (χ0v) is 20.5. The summed E-state index contributed by atoms with van der Waals surface area (Å²) in [5.74, 6) is 0.589. The van der Waals surface area contributed by atoms with E-state index in [9.17, 15) is 4.79 Å². The van der Waals surface area contributed by atoms with Gasteiger partial charge in [0.25, 0.3) is 5.91 Å². The Hall–Kier alpha value is -2.61. The molecule has 4 aromatic heterocycles. The second-order valence-electron chi connectivity index (χ2n) is 9.63. The van der Waals surface area contributed by atoms with Gasteiger partial charge in [0, 0.05) is 42.8 Å². The van der Waals surface area contributed by atoms with Crippen LogP contribution in [0.1, 0.15) is 41.6 Å². The highest BCUT2D eigenvalue weighted by atomic mass is 35.5. The number of rotatable bonds is 4. The van der Waals surface area contributed by atoms with Crippen molar-refractivity contribution in [2.75, 3.05) is 13.1 Å². The minimum atomic E-state index is -0.0599. The van der Waals surface area contributed by atoms with Crippen LogP contribution in [0.25, 0.3) is 27.9 Å². The summed E-state index contributed by atoms with van der Waals surface area (Å²) in [7, 11) is 0. The Bertz CT molecular complexity index is 1440. The lowest BCUT2D eigenvalue weighted by atomic mass is 10.1. The molecule has 2 fully saturated rings. The number of nitrogens with zero attached hydrogens (tertiary/aromatic N) is 5. The average Bonchev–Trinajstić information content (AvgIpc) is 3.48. The van der Waals surface area contributed by atoms with Crippen LogP contribution >= 0.6 is 23.2 Å². The lowest BCUT2D eigenvalue weighted by molar-refractivity contribution is 0.0708. The molecule has 6 rings (SSSR count). The Morgan fingerprint density at radius 1 is 1.21 bits per heavy atom. The quantitative estimate of drug-likeness (QED) is 0.405. The van der Waals surface area contributed by atoms with Crippen LogP contribution in [0, 0.1) is 12.8 Å². The third kappa shape index (κ3) is 3.76. The number of aryl methyl sites for hydroxylation is 1. The van der Waals surface area contributed by atoms with E-state index >= 15 is 0 Å². The van der Waals surface area contributed by atoms with Gasteiger partial charge in [0.15, 0.2) is 0 Å². The summed E-state index contributed by atoms with van der Waals surface area (Å²) in [6.07, 6.45) is 6.09. The van der Waals surface area contributed by atoms with Crippen LogP contribution in [0.3, 0.4) is 0 Å². The normalized spacial score (nSPS) is 18.8. The van der Waals surface area contributed by atoms with Gasteiger partial charge in [-0.3, -0.25) is 4.79 Å². The Morgan fingerprint density at radius 3 is 2.79 bits per heavy atom. The van der Waals surface area contributed by atoms with Gasteiger partial charge in [-0.2, -0.15) is 5.10 Å². The monoisotopic (exact) mass is 496 g/mol. The van der Waals surface area contributed by atoms with Gasteiger partial charge < -0.3 is 15.2 Å². The summed E-state index contributed by atoms with van der Waals surface area (Å²) in [5, 5.41) is 6.92. The molecule has 4 aromatic rings. The van der Waals surface area contributed by atoms with E-state index in [-0.39, 0.29) is 11.9 Å². The molecule has 2 aliphatic rings. The van der Waals surface area contributed by atoms with Gasteiger partial charge in [-0.15, -0.1) is 0 Å². The number of nitrogens with two attached hydrogens (primary N) is 1. The fourth-order valence-corrected chi connectivity index (χ4v) is 5.54. The van der Waals surface area contributed by atoms with Crippen LogP contribution in [0.2, 0.25) is 10.2 Å². The molecule has 0 spiro atoms. The van der Waals surface area contributed by atoms with Crippen LogP contribution in [-0.4, -0.2) is 49.1 Å². The van der Waals surface area contributed by atoms with E-state index in [0.717, 1.165) is 52.9 Å². The largest absolute Gasteiger partial charge is 0.337 e. The van der Waals surface area contributed by atoms with Crippen molar-refractivity contribution in [2.45, 2.75) is 45.2 Å². The number of halogens is 2. The summed E-state index contributed by atoms with van der Waals surface area (Å²) in [4.78, 5) is 19.6. The smallest absolute Gasteiger partial charge is 0.255 e. The Kier molecular flexibility index (Phi) is 5.32. The van der Waals surface area contributed by atoms with Crippen molar-refractivity contribution in [3.63, 3.8) is 0 Å². The van der Waals surface area contributed by atoms with Gasteiger partial charge in [0.2, 0.25) is 0 Å². The van der Waals surface area contributed by atoms with E-state index in [1.165, 1.54) is 12.8 Å². The van der Waals surface area contributed by atoms with Gasteiger partial charge in [-0.05, 0) is 62.8 Å². The van der Waals surface area contributed by atoms with Crippen molar-refractivity contribution in [2.24, 2.45) is 11.7 Å². The van der Waals surface area contributed by atoms with Crippen molar-refractivity contribution in [3.8, 4) is 11.4 Å². The molecule has 1 aliphatic carbocycles. The predicted octanol–water partition coefficient (Wildman–Crippen LogP) is 4.94. The van der Waals surface area contributed by atoms with Crippen molar-refractivity contribution in [1.29, 1.82) is 0 Å². The lowest BCUT2D eigenvalue weighted by Crippen LogP contribution is -2.45. The fraction of sp³-hybridized carbons (Fsp3) is 0.400. The fourth-order valence-electron chi connectivity index (χ4n) is 5.05. The van der Waals surface area contributed by atoms with Gasteiger partial charge in [0.05, 0.1) is 21.8 Å². The van der Waals surface area contributed by atoms with Crippen molar-refractivity contribution in [3.05, 3.63) is 51.8 Å². The number of likely N-dealkylation sites (tertiary alicyclic amines) is 1. The molecule has 1 saturated heterocycles. The molecule has 1 saturated carbocycles. The maximum atomic E-state index is 13.2. The van der Waals surface area contributed by atoms with E-state index in [1.54, 1.807) is 16.8 Å². The summed E-state index contributed by atoms with van der Waals surface area (Å²) in [6, 6.07) is 7.69. The van der Waals surface area contributed by atoms with Gasteiger partial charge in [-0.25, -0.2) is 9.50 Å². The molecular weight excluding hydrogens is 471 g/mol. The highest BCUT2D eigenvalue weighted by molar-refractivity contribution is 6.34. The van der Waals surface area contributed by atoms with E-state index < -0.39 is 0 Å². The number of pyridine rings is 2. The maximum Gasteiger partial charge on any atom is 0.255 e. The third-order valence-corrected chi connectivity index (χ3v) is 7.50. The van der Waals surface area contributed by atoms with Crippen LogP contribution in [-0.2, 0) is 6.54 Å². The maximum absolute atomic E-state index is 13.2. The molecule has 0 aromatic carbocycles. The zero-order chi connectivity index (χ0) is 23.6. The van der Waals surface area contributed by atoms with Crippen molar-refractivity contribution < 1.29 is 4.79 Å². The first-order valence-corrected chi connectivity index (χ1v) is 12.5. The summed E-state index contributed by atoms with van der Waals surface area (Å²) in [5.41, 5.74) is 11.1. The molecule has 0 unspecified atom stereocenters. The molecule has 176 valence electrons. The topological polar surface area (TPSA) is 81.5 Å². The summed E-state index contributed by atoms with van der Waals surface area (Å²) in [6.45, 7) is 4.18. The molecule has 1 amide bonds. The molecular formula is C25H26Cl2N6O. The van der Waals surface area contributed by atoms with E-state index in [4.69, 9.17) is 34.0 Å². The van der Waals surface area contributed by atoms with E-state index in [0.29, 0.717) is 34.7 Å². The van der Waals surface area contributed by atoms with Gasteiger partial charge in [-0.1, -0.05) is 23.2 Å². The van der Waals surface area contributed by atoms with Crippen LogP contribution in [0.5, 0.6) is 0 Å². The Morgan fingerprint density at radius 2 is 2.03 bits per heavy atom. The lowest BCUT2D eigenvalue weighted by Gasteiger charge is -2.30. The predicted molar refractivity (Wildman–Crippen MR) is 135 cm³/mol. The molecule has 2 N–H and O–H groups in total. The van der Waals surface area contributed by atoms with Crippen molar-refractivity contribution >= 4 is 45.7 Å². The highest BCUT2D eigenvalue weighted by Gasteiger charge is 2.27. The minimum absolute atomic E-state index is 0.0194. The average molecular weight is 497 g/mol. The number of amides is 1.